The van der Waals surface area contributed by atoms with E-state index in [0.29, 0.717) is 5.82 Å². The van der Waals surface area contributed by atoms with Crippen LogP contribution in [0.25, 0.3) is 28.5 Å². The predicted molar refractivity (Wildman–Crippen MR) is 96.6 cm³/mol. The molecule has 0 spiro atoms. The van der Waals surface area contributed by atoms with E-state index in [1.807, 2.05) is 71.4 Å². The summed E-state index contributed by atoms with van der Waals surface area (Å²) in [4.78, 5) is 8.96. The van der Waals surface area contributed by atoms with E-state index in [-0.39, 0.29) is 0 Å². The van der Waals surface area contributed by atoms with Gasteiger partial charge in [-0.05, 0) is 48.5 Å². The van der Waals surface area contributed by atoms with Gasteiger partial charge in [0.25, 0.3) is 0 Å². The number of ether oxygens (including phenoxy) is 1. The number of rotatable bonds is 4. The Hall–Kier alpha value is -3.47. The fourth-order valence-electron chi connectivity index (χ4n) is 2.61. The summed E-state index contributed by atoms with van der Waals surface area (Å²) >= 11 is 0. The topological polar surface area (TPSA) is 52.8 Å². The van der Waals surface area contributed by atoms with Gasteiger partial charge >= 0.3 is 0 Å². The van der Waals surface area contributed by atoms with Crippen LogP contribution in [0.3, 0.4) is 0 Å². The molecule has 0 saturated carbocycles. The SMILES string of the molecule is COc1ccc(-c2nc(-c3cccnc3)n(-c3ccccc3)n2)cc1. The fraction of sp³-hybridized carbons (Fsp3) is 0.0500. The first-order valence-electron chi connectivity index (χ1n) is 7.92. The van der Waals surface area contributed by atoms with E-state index in [1.165, 1.54) is 0 Å². The molecule has 0 amide bonds. The van der Waals surface area contributed by atoms with Crippen LogP contribution >= 0.6 is 0 Å². The smallest absolute Gasteiger partial charge is 0.182 e. The number of aromatic nitrogens is 4. The molecule has 5 heteroatoms. The van der Waals surface area contributed by atoms with Crippen molar-refractivity contribution in [2.45, 2.75) is 0 Å². The molecule has 0 radical (unpaired) electrons. The van der Waals surface area contributed by atoms with Gasteiger partial charge in [0.15, 0.2) is 11.6 Å². The Morgan fingerprint density at radius 3 is 2.32 bits per heavy atom. The number of benzene rings is 2. The molecule has 0 unspecified atom stereocenters. The van der Waals surface area contributed by atoms with Crippen LogP contribution in [-0.4, -0.2) is 26.9 Å². The van der Waals surface area contributed by atoms with Gasteiger partial charge in [0, 0.05) is 23.5 Å². The average molecular weight is 328 g/mol. The zero-order valence-electron chi connectivity index (χ0n) is 13.7. The minimum absolute atomic E-state index is 0.658. The highest BCUT2D eigenvalue weighted by Crippen LogP contribution is 2.25. The molecule has 2 aromatic carbocycles. The Morgan fingerprint density at radius 2 is 1.64 bits per heavy atom. The van der Waals surface area contributed by atoms with Crippen molar-refractivity contribution < 1.29 is 4.74 Å². The summed E-state index contributed by atoms with van der Waals surface area (Å²) in [5, 5.41) is 4.72. The lowest BCUT2D eigenvalue weighted by atomic mass is 10.2. The first kappa shape index (κ1) is 15.1. The number of hydrogen-bond donors (Lipinski definition) is 0. The largest absolute Gasteiger partial charge is 0.497 e. The molecular formula is C20H16N4O. The minimum Gasteiger partial charge on any atom is -0.497 e. The molecule has 2 heterocycles. The molecule has 0 aliphatic rings. The summed E-state index contributed by atoms with van der Waals surface area (Å²) in [5.41, 5.74) is 2.80. The van der Waals surface area contributed by atoms with Gasteiger partial charge in [0.1, 0.15) is 5.75 Å². The Kier molecular flexibility index (Phi) is 3.96. The lowest BCUT2D eigenvalue weighted by Crippen LogP contribution is -1.99. The number of hydrogen-bond acceptors (Lipinski definition) is 4. The minimum atomic E-state index is 0.658. The molecule has 0 atom stereocenters. The quantitative estimate of drug-likeness (QED) is 0.568. The molecule has 0 aliphatic carbocycles. The summed E-state index contributed by atoms with van der Waals surface area (Å²) in [7, 11) is 1.65. The van der Waals surface area contributed by atoms with Crippen LogP contribution in [0.5, 0.6) is 5.75 Å². The van der Waals surface area contributed by atoms with Gasteiger partial charge in [-0.1, -0.05) is 18.2 Å². The Balaban J connectivity index is 1.86. The number of nitrogens with zero attached hydrogens (tertiary/aromatic N) is 4. The molecule has 25 heavy (non-hydrogen) atoms. The zero-order valence-corrected chi connectivity index (χ0v) is 13.7. The zero-order chi connectivity index (χ0) is 17.1. The van der Waals surface area contributed by atoms with Crippen molar-refractivity contribution in [3.05, 3.63) is 79.1 Å². The predicted octanol–water partition coefficient (Wildman–Crippen LogP) is 4.00. The van der Waals surface area contributed by atoms with Crippen molar-refractivity contribution >= 4 is 0 Å². The molecular weight excluding hydrogens is 312 g/mol. The van der Waals surface area contributed by atoms with Crippen molar-refractivity contribution in [1.29, 1.82) is 0 Å². The fourth-order valence-corrected chi connectivity index (χ4v) is 2.61. The van der Waals surface area contributed by atoms with Gasteiger partial charge in [-0.2, -0.15) is 0 Å². The van der Waals surface area contributed by atoms with Gasteiger partial charge in [-0.3, -0.25) is 4.98 Å². The molecule has 4 aromatic rings. The average Bonchev–Trinajstić information content (AvgIpc) is 3.15. The van der Waals surface area contributed by atoms with Crippen LogP contribution < -0.4 is 4.74 Å². The lowest BCUT2D eigenvalue weighted by Gasteiger charge is -2.04. The standard InChI is InChI=1S/C20H16N4O/c1-25-18-11-9-15(10-12-18)19-22-20(16-6-5-13-21-14-16)24(23-19)17-7-3-2-4-8-17/h2-14H,1H3. The second-order valence-electron chi connectivity index (χ2n) is 5.48. The lowest BCUT2D eigenvalue weighted by molar-refractivity contribution is 0.415. The van der Waals surface area contributed by atoms with E-state index in [2.05, 4.69) is 4.98 Å². The van der Waals surface area contributed by atoms with Gasteiger partial charge in [-0.15, -0.1) is 5.10 Å². The summed E-state index contributed by atoms with van der Waals surface area (Å²) in [6.45, 7) is 0. The van der Waals surface area contributed by atoms with Crippen LogP contribution in [0.4, 0.5) is 0 Å². The van der Waals surface area contributed by atoms with E-state index in [9.17, 15) is 0 Å². The van der Waals surface area contributed by atoms with Crippen molar-refractivity contribution in [3.63, 3.8) is 0 Å². The third-order valence-electron chi connectivity index (χ3n) is 3.88. The summed E-state index contributed by atoms with van der Waals surface area (Å²) < 4.78 is 7.06. The highest BCUT2D eigenvalue weighted by atomic mass is 16.5. The molecule has 0 N–H and O–H groups in total. The monoisotopic (exact) mass is 328 g/mol. The molecule has 0 bridgehead atoms. The third-order valence-corrected chi connectivity index (χ3v) is 3.88. The highest BCUT2D eigenvalue weighted by Gasteiger charge is 2.15. The van der Waals surface area contributed by atoms with Crippen molar-refractivity contribution in [1.82, 2.24) is 19.7 Å². The summed E-state index contributed by atoms with van der Waals surface area (Å²) in [6.07, 6.45) is 3.54. The molecule has 5 nitrogen and oxygen atoms in total. The molecule has 0 saturated heterocycles. The van der Waals surface area contributed by atoms with Crippen LogP contribution in [0.2, 0.25) is 0 Å². The maximum atomic E-state index is 5.22. The first-order chi connectivity index (χ1) is 12.3. The maximum Gasteiger partial charge on any atom is 0.182 e. The van der Waals surface area contributed by atoms with Gasteiger partial charge < -0.3 is 4.74 Å². The van der Waals surface area contributed by atoms with Crippen LogP contribution in [0, 0.1) is 0 Å². The van der Waals surface area contributed by atoms with E-state index in [4.69, 9.17) is 14.8 Å². The number of para-hydroxylation sites is 1. The van der Waals surface area contributed by atoms with E-state index < -0.39 is 0 Å². The van der Waals surface area contributed by atoms with Crippen LogP contribution in [0.15, 0.2) is 79.1 Å². The van der Waals surface area contributed by atoms with Crippen molar-refractivity contribution in [2.75, 3.05) is 7.11 Å². The Bertz CT molecular complexity index is 907. The molecule has 122 valence electrons. The van der Waals surface area contributed by atoms with Crippen LogP contribution in [0.1, 0.15) is 0 Å². The van der Waals surface area contributed by atoms with E-state index in [1.54, 1.807) is 19.5 Å². The van der Waals surface area contributed by atoms with Crippen molar-refractivity contribution in [3.8, 4) is 34.2 Å². The molecule has 0 fully saturated rings. The van der Waals surface area contributed by atoms with Gasteiger partial charge in [-0.25, -0.2) is 9.67 Å². The van der Waals surface area contributed by atoms with Crippen LogP contribution in [-0.2, 0) is 0 Å². The molecule has 0 aliphatic heterocycles. The van der Waals surface area contributed by atoms with Crippen molar-refractivity contribution in [2.24, 2.45) is 0 Å². The van der Waals surface area contributed by atoms with Gasteiger partial charge in [0.05, 0.1) is 12.8 Å². The highest BCUT2D eigenvalue weighted by molar-refractivity contribution is 5.63. The summed E-state index contributed by atoms with van der Waals surface area (Å²) in [5.74, 6) is 2.22. The normalized spacial score (nSPS) is 10.6. The molecule has 2 aromatic heterocycles. The number of pyridine rings is 1. The van der Waals surface area contributed by atoms with E-state index in [0.717, 1.165) is 28.4 Å². The second kappa shape index (κ2) is 6.57. The van der Waals surface area contributed by atoms with E-state index >= 15 is 0 Å². The third kappa shape index (κ3) is 2.99. The second-order valence-corrected chi connectivity index (χ2v) is 5.48. The Labute approximate surface area is 145 Å². The maximum absolute atomic E-state index is 5.22. The molecule has 4 rings (SSSR count). The number of methoxy groups -OCH3 is 1. The van der Waals surface area contributed by atoms with Gasteiger partial charge in [0.2, 0.25) is 0 Å². The summed E-state index contributed by atoms with van der Waals surface area (Å²) in [6, 6.07) is 21.6. The first-order valence-corrected chi connectivity index (χ1v) is 7.92. The Morgan fingerprint density at radius 1 is 0.840 bits per heavy atom.